The normalized spacial score (nSPS) is 12.2. The van der Waals surface area contributed by atoms with Crippen LogP contribution in [-0.2, 0) is 0 Å². The van der Waals surface area contributed by atoms with E-state index in [1.54, 1.807) is 24.3 Å². The topological polar surface area (TPSA) is 87.1 Å². The molecule has 2 N–H and O–H groups in total. The molecular formula is C23H19NO5. The van der Waals surface area contributed by atoms with Crippen molar-refractivity contribution >= 4 is 29.0 Å². The molecule has 1 aliphatic heterocycles. The summed E-state index contributed by atoms with van der Waals surface area (Å²) in [7, 11) is 0. The zero-order valence-electron chi connectivity index (χ0n) is 15.9. The average Bonchev–Trinajstić information content (AvgIpc) is 2.70. The van der Waals surface area contributed by atoms with Crippen LogP contribution in [0.1, 0.15) is 46.0 Å². The van der Waals surface area contributed by atoms with E-state index in [0.29, 0.717) is 17.3 Å². The van der Waals surface area contributed by atoms with Crippen molar-refractivity contribution < 1.29 is 24.5 Å². The Bertz CT molecular complexity index is 1070. The molecule has 0 aliphatic carbocycles. The van der Waals surface area contributed by atoms with Crippen LogP contribution >= 0.6 is 0 Å². The summed E-state index contributed by atoms with van der Waals surface area (Å²) >= 11 is 0. The number of fused-ring (bicyclic) bond motifs is 2. The highest BCUT2D eigenvalue weighted by Crippen LogP contribution is 2.52. The minimum atomic E-state index is -1.14. The molecule has 3 aromatic carbocycles. The predicted octanol–water partition coefficient (Wildman–Crippen LogP) is 5.78. The minimum Gasteiger partial charge on any atom is -0.478 e. The number of carboxylic acids is 2. The van der Waals surface area contributed by atoms with Crippen molar-refractivity contribution in [1.82, 2.24) is 0 Å². The van der Waals surface area contributed by atoms with E-state index in [2.05, 4.69) is 13.8 Å². The maximum absolute atomic E-state index is 11.8. The van der Waals surface area contributed by atoms with Gasteiger partial charge < -0.3 is 19.8 Å². The summed E-state index contributed by atoms with van der Waals surface area (Å²) in [6.07, 6.45) is 0. The number of ether oxygens (including phenoxy) is 1. The Balaban J connectivity index is 2.03. The van der Waals surface area contributed by atoms with Crippen molar-refractivity contribution in [2.24, 2.45) is 0 Å². The van der Waals surface area contributed by atoms with Gasteiger partial charge >= 0.3 is 11.9 Å². The van der Waals surface area contributed by atoms with E-state index in [-0.39, 0.29) is 22.6 Å². The Kier molecular flexibility index (Phi) is 4.47. The lowest BCUT2D eigenvalue weighted by Gasteiger charge is -2.34. The van der Waals surface area contributed by atoms with Gasteiger partial charge in [0, 0.05) is 5.69 Å². The molecule has 0 unspecified atom stereocenters. The van der Waals surface area contributed by atoms with E-state index in [9.17, 15) is 19.8 Å². The lowest BCUT2D eigenvalue weighted by atomic mass is 10.0. The van der Waals surface area contributed by atoms with Crippen molar-refractivity contribution in [1.29, 1.82) is 0 Å². The lowest BCUT2D eigenvalue weighted by Crippen LogP contribution is -2.19. The molecule has 0 fully saturated rings. The Morgan fingerprint density at radius 1 is 0.828 bits per heavy atom. The molecule has 0 atom stereocenters. The van der Waals surface area contributed by atoms with E-state index in [1.807, 2.05) is 29.2 Å². The number of nitrogens with zero attached hydrogens (tertiary/aromatic N) is 1. The largest absolute Gasteiger partial charge is 0.478 e. The standard InChI is InChI=1S/C23H19NO5/c1-13(2)14-6-3-7-15(12-14)24-18-10-4-8-16(22(25)26)20(18)29-21-17(23(27)28)9-5-11-19(21)24/h3-13H,1-2H3,(H,25,26)(H,27,28). The smallest absolute Gasteiger partial charge is 0.339 e. The third-order valence-corrected chi connectivity index (χ3v) is 4.93. The van der Waals surface area contributed by atoms with Crippen LogP contribution in [0.3, 0.4) is 0 Å². The predicted molar refractivity (Wildman–Crippen MR) is 109 cm³/mol. The molecule has 0 saturated heterocycles. The Hall–Kier alpha value is -3.80. The lowest BCUT2D eigenvalue weighted by molar-refractivity contribution is 0.0687. The van der Waals surface area contributed by atoms with E-state index in [0.717, 1.165) is 11.3 Å². The van der Waals surface area contributed by atoms with Crippen LogP contribution in [0.5, 0.6) is 11.5 Å². The summed E-state index contributed by atoms with van der Waals surface area (Å²) in [6.45, 7) is 4.18. The van der Waals surface area contributed by atoms with Gasteiger partial charge in [0.1, 0.15) is 11.1 Å². The summed E-state index contributed by atoms with van der Waals surface area (Å²) in [5.41, 5.74) is 2.94. The second-order valence-corrected chi connectivity index (χ2v) is 7.11. The highest BCUT2D eigenvalue weighted by Gasteiger charge is 2.32. The van der Waals surface area contributed by atoms with Gasteiger partial charge in [-0.25, -0.2) is 9.59 Å². The van der Waals surface area contributed by atoms with E-state index in [4.69, 9.17) is 4.74 Å². The first-order valence-electron chi connectivity index (χ1n) is 9.19. The SMILES string of the molecule is CC(C)c1cccc(N2c3cccc(C(=O)O)c3Oc3c(C(=O)O)cccc32)c1. The van der Waals surface area contributed by atoms with Crippen LogP contribution in [-0.4, -0.2) is 22.2 Å². The van der Waals surface area contributed by atoms with Gasteiger partial charge in [0.05, 0.1) is 11.4 Å². The third kappa shape index (κ3) is 3.08. The number of carbonyl (C=O) groups is 2. The fourth-order valence-electron chi connectivity index (χ4n) is 3.49. The summed E-state index contributed by atoms with van der Waals surface area (Å²) in [5, 5.41) is 19.3. The minimum absolute atomic E-state index is 0.0293. The zero-order valence-corrected chi connectivity index (χ0v) is 15.9. The van der Waals surface area contributed by atoms with Gasteiger partial charge in [-0.2, -0.15) is 0 Å². The molecule has 146 valence electrons. The number of aromatic carboxylic acids is 2. The summed E-state index contributed by atoms with van der Waals surface area (Å²) in [4.78, 5) is 25.4. The van der Waals surface area contributed by atoms with Crippen molar-refractivity contribution in [2.45, 2.75) is 19.8 Å². The van der Waals surface area contributed by atoms with Gasteiger partial charge in [-0.15, -0.1) is 0 Å². The van der Waals surface area contributed by atoms with Gasteiger partial charge in [0.25, 0.3) is 0 Å². The molecule has 29 heavy (non-hydrogen) atoms. The van der Waals surface area contributed by atoms with Crippen LogP contribution in [0.4, 0.5) is 17.1 Å². The van der Waals surface area contributed by atoms with Crippen molar-refractivity contribution in [3.05, 3.63) is 77.4 Å². The molecule has 3 aromatic rings. The molecule has 0 radical (unpaired) electrons. The molecule has 1 aliphatic rings. The summed E-state index contributed by atoms with van der Waals surface area (Å²) < 4.78 is 5.89. The number of hydrogen-bond donors (Lipinski definition) is 2. The van der Waals surface area contributed by atoms with Gasteiger partial charge in [0.2, 0.25) is 0 Å². The Morgan fingerprint density at radius 3 is 1.83 bits per heavy atom. The number of carboxylic acid groups (broad SMARTS) is 2. The van der Waals surface area contributed by atoms with Gasteiger partial charge in [0.15, 0.2) is 11.5 Å². The van der Waals surface area contributed by atoms with E-state index in [1.165, 1.54) is 12.1 Å². The summed E-state index contributed by atoms with van der Waals surface area (Å²) in [5.74, 6) is -1.75. The first-order valence-corrected chi connectivity index (χ1v) is 9.19. The van der Waals surface area contributed by atoms with Crippen LogP contribution in [0.15, 0.2) is 60.7 Å². The van der Waals surface area contributed by atoms with Gasteiger partial charge in [-0.1, -0.05) is 38.1 Å². The Labute approximate surface area is 167 Å². The number of benzene rings is 3. The first-order chi connectivity index (χ1) is 13.9. The van der Waals surface area contributed by atoms with Gasteiger partial charge in [-0.3, -0.25) is 0 Å². The van der Waals surface area contributed by atoms with Crippen LogP contribution in [0.2, 0.25) is 0 Å². The van der Waals surface area contributed by atoms with E-state index < -0.39 is 11.9 Å². The molecule has 1 heterocycles. The first kappa shape index (κ1) is 18.6. The molecule has 4 rings (SSSR count). The highest BCUT2D eigenvalue weighted by atomic mass is 16.5. The van der Waals surface area contributed by atoms with Gasteiger partial charge in [-0.05, 0) is 47.9 Å². The molecule has 0 aromatic heterocycles. The maximum Gasteiger partial charge on any atom is 0.339 e. The number of para-hydroxylation sites is 2. The summed E-state index contributed by atoms with van der Waals surface area (Å²) in [6, 6.07) is 17.6. The van der Waals surface area contributed by atoms with E-state index >= 15 is 0 Å². The second-order valence-electron chi connectivity index (χ2n) is 7.11. The van der Waals surface area contributed by atoms with Crippen LogP contribution < -0.4 is 9.64 Å². The third-order valence-electron chi connectivity index (χ3n) is 4.93. The molecule has 0 bridgehead atoms. The average molecular weight is 389 g/mol. The Morgan fingerprint density at radius 2 is 1.34 bits per heavy atom. The molecule has 6 heteroatoms. The fraction of sp³-hybridized carbons (Fsp3) is 0.130. The quantitative estimate of drug-likeness (QED) is 0.460. The molecular weight excluding hydrogens is 370 g/mol. The number of rotatable bonds is 4. The van der Waals surface area contributed by atoms with Crippen LogP contribution in [0, 0.1) is 0 Å². The highest BCUT2D eigenvalue weighted by molar-refractivity contribution is 6.01. The molecule has 6 nitrogen and oxygen atoms in total. The van der Waals surface area contributed by atoms with Crippen molar-refractivity contribution in [3.8, 4) is 11.5 Å². The molecule has 0 saturated carbocycles. The van der Waals surface area contributed by atoms with Crippen molar-refractivity contribution in [2.75, 3.05) is 4.90 Å². The number of anilines is 3. The maximum atomic E-state index is 11.8. The monoisotopic (exact) mass is 389 g/mol. The number of hydrogen-bond acceptors (Lipinski definition) is 4. The fourth-order valence-corrected chi connectivity index (χ4v) is 3.49. The molecule has 0 amide bonds. The van der Waals surface area contributed by atoms with Crippen LogP contribution in [0.25, 0.3) is 0 Å². The zero-order chi connectivity index (χ0) is 20.7. The molecule has 0 spiro atoms. The second kappa shape index (κ2) is 6.98. The van der Waals surface area contributed by atoms with Crippen molar-refractivity contribution in [3.63, 3.8) is 0 Å².